The Morgan fingerprint density at radius 1 is 0.581 bits per heavy atom. The standard InChI is InChI=1S/C22H12N2O7/c25-17-7-8-18(26)23(17)15-5-1-3-13(11-15)21(29)31-22(30)14-4-2-6-16(12-14)24-19(27)9-10-20(24)28/h1-12H. The summed E-state index contributed by atoms with van der Waals surface area (Å²) in [5.41, 5.74) is 0.206. The molecule has 4 rings (SSSR count). The summed E-state index contributed by atoms with van der Waals surface area (Å²) < 4.78 is 4.88. The topological polar surface area (TPSA) is 118 Å². The molecule has 9 nitrogen and oxygen atoms in total. The second kappa shape index (κ2) is 7.64. The molecule has 2 aliphatic rings. The number of carbonyl (C=O) groups is 6. The maximum atomic E-state index is 12.4. The molecule has 2 aromatic carbocycles. The van der Waals surface area contributed by atoms with Crippen LogP contribution >= 0.6 is 0 Å². The zero-order valence-corrected chi connectivity index (χ0v) is 15.7. The van der Waals surface area contributed by atoms with E-state index in [1.807, 2.05) is 0 Å². The largest absolute Gasteiger partial charge is 0.386 e. The van der Waals surface area contributed by atoms with E-state index in [1.165, 1.54) is 48.5 Å². The first kappa shape index (κ1) is 19.6. The Morgan fingerprint density at radius 3 is 1.29 bits per heavy atom. The summed E-state index contributed by atoms with van der Waals surface area (Å²) in [4.78, 5) is 73.8. The third-order valence-corrected chi connectivity index (χ3v) is 4.48. The average Bonchev–Trinajstić information content (AvgIpc) is 3.28. The summed E-state index contributed by atoms with van der Waals surface area (Å²) in [6.45, 7) is 0. The normalized spacial score (nSPS) is 15.2. The van der Waals surface area contributed by atoms with E-state index >= 15 is 0 Å². The van der Waals surface area contributed by atoms with Gasteiger partial charge in [0.25, 0.3) is 23.6 Å². The predicted octanol–water partition coefficient (Wildman–Crippen LogP) is 1.54. The van der Waals surface area contributed by atoms with Gasteiger partial charge in [0.05, 0.1) is 22.5 Å². The molecule has 152 valence electrons. The smallest absolute Gasteiger partial charge is 0.346 e. The minimum atomic E-state index is -1.00. The van der Waals surface area contributed by atoms with Crippen LogP contribution in [0.4, 0.5) is 11.4 Å². The third kappa shape index (κ3) is 3.67. The molecule has 0 saturated heterocycles. The molecule has 0 fully saturated rings. The van der Waals surface area contributed by atoms with Crippen molar-refractivity contribution in [3.05, 3.63) is 84.0 Å². The van der Waals surface area contributed by atoms with Crippen LogP contribution in [0.1, 0.15) is 20.7 Å². The van der Waals surface area contributed by atoms with E-state index in [0.29, 0.717) is 0 Å². The van der Waals surface area contributed by atoms with Crippen LogP contribution in [0.5, 0.6) is 0 Å². The number of amides is 4. The van der Waals surface area contributed by atoms with Crippen molar-refractivity contribution in [2.75, 3.05) is 9.80 Å². The minimum absolute atomic E-state index is 0.0522. The van der Waals surface area contributed by atoms with Crippen LogP contribution in [-0.2, 0) is 23.9 Å². The molecule has 2 heterocycles. The maximum absolute atomic E-state index is 12.4. The lowest BCUT2D eigenvalue weighted by atomic mass is 10.1. The summed E-state index contributed by atoms with van der Waals surface area (Å²) in [5.74, 6) is -4.21. The monoisotopic (exact) mass is 416 g/mol. The van der Waals surface area contributed by atoms with Crippen LogP contribution in [0.2, 0.25) is 0 Å². The van der Waals surface area contributed by atoms with Gasteiger partial charge in [-0.15, -0.1) is 0 Å². The number of benzene rings is 2. The Morgan fingerprint density at radius 2 is 0.935 bits per heavy atom. The summed E-state index contributed by atoms with van der Waals surface area (Å²) >= 11 is 0. The molecule has 0 saturated carbocycles. The number of esters is 2. The van der Waals surface area contributed by atoms with E-state index in [9.17, 15) is 28.8 Å². The van der Waals surface area contributed by atoms with E-state index < -0.39 is 35.6 Å². The van der Waals surface area contributed by atoms with Gasteiger partial charge in [-0.2, -0.15) is 0 Å². The summed E-state index contributed by atoms with van der Waals surface area (Å²) in [6, 6.07) is 11.0. The van der Waals surface area contributed by atoms with Crippen molar-refractivity contribution in [2.24, 2.45) is 0 Å². The van der Waals surface area contributed by atoms with Gasteiger partial charge in [0.1, 0.15) is 0 Å². The van der Waals surface area contributed by atoms with Gasteiger partial charge >= 0.3 is 11.9 Å². The summed E-state index contributed by atoms with van der Waals surface area (Å²) in [6.07, 6.45) is 4.43. The van der Waals surface area contributed by atoms with Crippen molar-refractivity contribution in [1.82, 2.24) is 0 Å². The number of ether oxygens (including phenoxy) is 1. The van der Waals surface area contributed by atoms with Crippen molar-refractivity contribution in [3.8, 4) is 0 Å². The van der Waals surface area contributed by atoms with Crippen molar-refractivity contribution in [3.63, 3.8) is 0 Å². The predicted molar refractivity (Wildman–Crippen MR) is 106 cm³/mol. The van der Waals surface area contributed by atoms with Crippen LogP contribution < -0.4 is 9.80 Å². The van der Waals surface area contributed by atoms with Crippen molar-refractivity contribution in [2.45, 2.75) is 0 Å². The molecule has 0 radical (unpaired) electrons. The molecule has 0 aromatic heterocycles. The molecule has 31 heavy (non-hydrogen) atoms. The van der Waals surface area contributed by atoms with Crippen LogP contribution in [-0.4, -0.2) is 35.6 Å². The maximum Gasteiger partial charge on any atom is 0.346 e. The second-order valence-electron chi connectivity index (χ2n) is 6.47. The molecule has 2 aromatic rings. The number of anilines is 2. The van der Waals surface area contributed by atoms with Gasteiger partial charge in [0, 0.05) is 24.3 Å². The minimum Gasteiger partial charge on any atom is -0.386 e. The van der Waals surface area contributed by atoms with Gasteiger partial charge in [-0.1, -0.05) is 12.1 Å². The lowest BCUT2D eigenvalue weighted by Gasteiger charge is -2.15. The number of hydrogen-bond acceptors (Lipinski definition) is 7. The Balaban J connectivity index is 1.52. The lowest BCUT2D eigenvalue weighted by Crippen LogP contribution is -2.29. The van der Waals surface area contributed by atoms with Crippen LogP contribution in [0.3, 0.4) is 0 Å². The molecule has 0 aliphatic carbocycles. The first-order valence-electron chi connectivity index (χ1n) is 8.94. The highest BCUT2D eigenvalue weighted by Crippen LogP contribution is 2.23. The van der Waals surface area contributed by atoms with Gasteiger partial charge in [0.15, 0.2) is 0 Å². The molecular weight excluding hydrogens is 404 g/mol. The molecular formula is C22H12N2O7. The van der Waals surface area contributed by atoms with Crippen LogP contribution in [0.25, 0.3) is 0 Å². The fourth-order valence-corrected chi connectivity index (χ4v) is 3.06. The highest BCUT2D eigenvalue weighted by atomic mass is 16.6. The molecule has 2 aliphatic heterocycles. The molecule has 0 unspecified atom stereocenters. The second-order valence-corrected chi connectivity index (χ2v) is 6.47. The SMILES string of the molecule is O=C(OC(=O)c1cccc(N2C(=O)C=CC2=O)c1)c1cccc(N2C(=O)C=CC2=O)c1. The quantitative estimate of drug-likeness (QED) is 0.421. The number of imide groups is 2. The molecule has 0 spiro atoms. The Bertz CT molecular complexity index is 1110. The molecule has 0 atom stereocenters. The van der Waals surface area contributed by atoms with Crippen molar-refractivity contribution < 1.29 is 33.5 Å². The number of rotatable bonds is 4. The molecule has 4 amide bonds. The van der Waals surface area contributed by atoms with E-state index in [2.05, 4.69) is 0 Å². The average molecular weight is 416 g/mol. The van der Waals surface area contributed by atoms with Gasteiger partial charge in [-0.05, 0) is 36.4 Å². The van der Waals surface area contributed by atoms with E-state index in [1.54, 1.807) is 0 Å². The molecule has 0 bridgehead atoms. The third-order valence-electron chi connectivity index (χ3n) is 4.48. The zero-order chi connectivity index (χ0) is 22.1. The van der Waals surface area contributed by atoms with Crippen LogP contribution in [0.15, 0.2) is 72.8 Å². The fraction of sp³-hybridized carbons (Fsp3) is 0. The van der Waals surface area contributed by atoms with E-state index in [4.69, 9.17) is 4.74 Å². The molecule has 0 N–H and O–H groups in total. The highest BCUT2D eigenvalue weighted by molar-refractivity contribution is 6.29. The first-order valence-corrected chi connectivity index (χ1v) is 8.94. The van der Waals surface area contributed by atoms with Crippen LogP contribution in [0, 0.1) is 0 Å². The number of nitrogens with zero attached hydrogens (tertiary/aromatic N) is 2. The van der Waals surface area contributed by atoms with Crippen molar-refractivity contribution >= 4 is 46.9 Å². The lowest BCUT2D eigenvalue weighted by molar-refractivity contribution is -0.121. The van der Waals surface area contributed by atoms with Gasteiger partial charge in [-0.25, -0.2) is 19.4 Å². The Labute approximate surface area is 174 Å². The first-order chi connectivity index (χ1) is 14.8. The zero-order valence-electron chi connectivity index (χ0n) is 15.7. The van der Waals surface area contributed by atoms with Gasteiger partial charge in [0.2, 0.25) is 0 Å². The Kier molecular flexibility index (Phi) is 4.84. The number of carbonyl (C=O) groups excluding carboxylic acids is 6. The van der Waals surface area contributed by atoms with E-state index in [0.717, 1.165) is 34.1 Å². The molecule has 9 heteroatoms. The number of hydrogen-bond donors (Lipinski definition) is 0. The van der Waals surface area contributed by atoms with Crippen molar-refractivity contribution in [1.29, 1.82) is 0 Å². The summed E-state index contributed by atoms with van der Waals surface area (Å²) in [7, 11) is 0. The van der Waals surface area contributed by atoms with E-state index in [-0.39, 0.29) is 22.5 Å². The fourth-order valence-electron chi connectivity index (χ4n) is 3.06. The van der Waals surface area contributed by atoms with Gasteiger partial charge < -0.3 is 4.74 Å². The highest BCUT2D eigenvalue weighted by Gasteiger charge is 2.27. The van der Waals surface area contributed by atoms with Gasteiger partial charge in [-0.3, -0.25) is 19.2 Å². The Hall–Kier alpha value is -4.66. The summed E-state index contributed by atoms with van der Waals surface area (Å²) in [5, 5.41) is 0.